The molecule has 2 N–H and O–H groups in total. The van der Waals surface area contributed by atoms with Crippen molar-refractivity contribution in [1.82, 2.24) is 14.9 Å². The number of likely N-dealkylation sites (tertiary alicyclic amines) is 1. The summed E-state index contributed by atoms with van der Waals surface area (Å²) in [6.07, 6.45) is 9.88. The van der Waals surface area contributed by atoms with Gasteiger partial charge >= 0.3 is 0 Å². The first-order valence-corrected chi connectivity index (χ1v) is 11.4. The maximum absolute atomic E-state index is 6.09. The Morgan fingerprint density at radius 1 is 1.07 bits per heavy atom. The van der Waals surface area contributed by atoms with Gasteiger partial charge in [0, 0.05) is 31.1 Å². The fraction of sp³-hybridized carbons (Fsp3) is 0.652. The zero-order chi connectivity index (χ0) is 20.9. The number of hydrogen-bond acceptors (Lipinski definition) is 7. The van der Waals surface area contributed by atoms with Crippen LogP contribution in [0.2, 0.25) is 0 Å². The van der Waals surface area contributed by atoms with Crippen molar-refractivity contribution in [1.29, 1.82) is 0 Å². The first kappa shape index (κ1) is 21.0. The van der Waals surface area contributed by atoms with Crippen LogP contribution in [0, 0.1) is 0 Å². The highest BCUT2D eigenvalue weighted by atomic mass is 16.5. The normalized spacial score (nSPS) is 18.1. The maximum atomic E-state index is 6.09. The van der Waals surface area contributed by atoms with Crippen LogP contribution >= 0.6 is 0 Å². The van der Waals surface area contributed by atoms with Gasteiger partial charge in [-0.05, 0) is 51.3 Å². The van der Waals surface area contributed by atoms with Gasteiger partial charge in [-0.15, -0.1) is 0 Å². The van der Waals surface area contributed by atoms with Gasteiger partial charge in [0.05, 0.1) is 19.2 Å². The SMILES string of the molecule is COc1cc2c(N(C)C3CCCCC3)nc(N)nc2cc1OCCCN1CCCC1. The van der Waals surface area contributed by atoms with Crippen molar-refractivity contribution in [2.24, 2.45) is 0 Å². The lowest BCUT2D eigenvalue weighted by molar-refractivity contribution is 0.254. The third-order valence-electron chi connectivity index (χ3n) is 6.51. The van der Waals surface area contributed by atoms with Gasteiger partial charge in [0.1, 0.15) is 5.82 Å². The van der Waals surface area contributed by atoms with Gasteiger partial charge in [0.2, 0.25) is 5.95 Å². The van der Waals surface area contributed by atoms with E-state index in [1.165, 1.54) is 58.0 Å². The molecule has 1 aliphatic heterocycles. The van der Waals surface area contributed by atoms with Gasteiger partial charge in [-0.25, -0.2) is 4.98 Å². The number of aromatic nitrogens is 2. The van der Waals surface area contributed by atoms with Crippen LogP contribution in [-0.4, -0.2) is 61.3 Å². The van der Waals surface area contributed by atoms with Crippen LogP contribution in [0.4, 0.5) is 11.8 Å². The van der Waals surface area contributed by atoms with Gasteiger partial charge in [0.15, 0.2) is 11.5 Å². The van der Waals surface area contributed by atoms with Crippen molar-refractivity contribution in [2.75, 3.05) is 51.0 Å². The number of ether oxygens (including phenoxy) is 2. The maximum Gasteiger partial charge on any atom is 0.222 e. The van der Waals surface area contributed by atoms with E-state index in [0.29, 0.717) is 18.6 Å². The van der Waals surface area contributed by atoms with E-state index in [1.807, 2.05) is 12.1 Å². The summed E-state index contributed by atoms with van der Waals surface area (Å²) >= 11 is 0. The molecule has 1 saturated heterocycles. The third-order valence-corrected chi connectivity index (χ3v) is 6.51. The van der Waals surface area contributed by atoms with Crippen LogP contribution in [0.5, 0.6) is 11.5 Å². The molecule has 0 radical (unpaired) electrons. The third kappa shape index (κ3) is 4.72. The Morgan fingerprint density at radius 2 is 1.83 bits per heavy atom. The molecule has 164 valence electrons. The highest BCUT2D eigenvalue weighted by molar-refractivity contribution is 5.93. The lowest BCUT2D eigenvalue weighted by Gasteiger charge is -2.32. The molecule has 7 nitrogen and oxygen atoms in total. The molecule has 2 heterocycles. The highest BCUT2D eigenvalue weighted by Gasteiger charge is 2.23. The van der Waals surface area contributed by atoms with Gasteiger partial charge in [0.25, 0.3) is 0 Å². The van der Waals surface area contributed by atoms with E-state index in [9.17, 15) is 0 Å². The summed E-state index contributed by atoms with van der Waals surface area (Å²) in [4.78, 5) is 13.9. The minimum atomic E-state index is 0.297. The number of benzene rings is 1. The Kier molecular flexibility index (Phi) is 6.77. The van der Waals surface area contributed by atoms with Crippen LogP contribution in [-0.2, 0) is 0 Å². The second-order valence-electron chi connectivity index (χ2n) is 8.58. The molecule has 1 aromatic carbocycles. The summed E-state index contributed by atoms with van der Waals surface area (Å²) in [5, 5.41) is 0.957. The predicted molar refractivity (Wildman–Crippen MR) is 122 cm³/mol. The fourth-order valence-electron chi connectivity index (χ4n) is 4.80. The Bertz CT molecular complexity index is 847. The van der Waals surface area contributed by atoms with Crippen molar-refractivity contribution >= 4 is 22.7 Å². The molecule has 1 aromatic heterocycles. The van der Waals surface area contributed by atoms with Gasteiger partial charge in [-0.1, -0.05) is 19.3 Å². The summed E-state index contributed by atoms with van der Waals surface area (Å²) in [5.41, 5.74) is 6.88. The molecule has 2 aromatic rings. The number of nitrogens with two attached hydrogens (primary N) is 1. The first-order valence-electron chi connectivity index (χ1n) is 11.4. The molecule has 7 heteroatoms. The van der Waals surface area contributed by atoms with Crippen molar-refractivity contribution in [2.45, 2.75) is 57.4 Å². The Balaban J connectivity index is 1.54. The van der Waals surface area contributed by atoms with Crippen molar-refractivity contribution in [3.05, 3.63) is 12.1 Å². The van der Waals surface area contributed by atoms with Crippen molar-refractivity contribution in [3.63, 3.8) is 0 Å². The molecule has 0 amide bonds. The number of methoxy groups -OCH3 is 1. The monoisotopic (exact) mass is 413 g/mol. The van der Waals surface area contributed by atoms with Crippen LogP contribution in [0.25, 0.3) is 10.9 Å². The van der Waals surface area contributed by atoms with Crippen LogP contribution in [0.1, 0.15) is 51.4 Å². The van der Waals surface area contributed by atoms with E-state index < -0.39 is 0 Å². The second kappa shape index (κ2) is 9.69. The second-order valence-corrected chi connectivity index (χ2v) is 8.58. The molecular weight excluding hydrogens is 378 g/mol. The Morgan fingerprint density at radius 3 is 2.57 bits per heavy atom. The predicted octanol–water partition coefficient (Wildman–Crippen LogP) is 3.85. The number of anilines is 2. The molecular formula is C23H35N5O2. The van der Waals surface area contributed by atoms with Crippen LogP contribution in [0.15, 0.2) is 12.1 Å². The molecule has 0 bridgehead atoms. The molecule has 0 atom stereocenters. The molecule has 4 rings (SSSR count). The zero-order valence-electron chi connectivity index (χ0n) is 18.4. The van der Waals surface area contributed by atoms with Gasteiger partial charge in [-0.2, -0.15) is 4.98 Å². The zero-order valence-corrected chi connectivity index (χ0v) is 18.4. The lowest BCUT2D eigenvalue weighted by atomic mass is 9.94. The van der Waals surface area contributed by atoms with Crippen LogP contribution in [0.3, 0.4) is 0 Å². The summed E-state index contributed by atoms with van der Waals surface area (Å²) < 4.78 is 11.7. The Labute approximate surface area is 179 Å². The average molecular weight is 414 g/mol. The molecule has 0 unspecified atom stereocenters. The summed E-state index contributed by atoms with van der Waals surface area (Å²) in [6.45, 7) is 4.18. The summed E-state index contributed by atoms with van der Waals surface area (Å²) in [7, 11) is 3.80. The quantitative estimate of drug-likeness (QED) is 0.659. The molecule has 30 heavy (non-hydrogen) atoms. The minimum Gasteiger partial charge on any atom is -0.493 e. The molecule has 0 spiro atoms. The number of fused-ring (bicyclic) bond motifs is 1. The van der Waals surface area contributed by atoms with E-state index in [0.717, 1.165) is 41.2 Å². The number of nitrogen functional groups attached to an aromatic ring is 1. The standard InChI is InChI=1S/C23H35N5O2/c1-27(17-9-4-3-5-10-17)22-18-15-20(29-2)21(16-19(18)25-23(24)26-22)30-14-8-13-28-11-6-7-12-28/h15-17H,3-14H2,1-2H3,(H2,24,25,26). The smallest absolute Gasteiger partial charge is 0.222 e. The highest BCUT2D eigenvalue weighted by Crippen LogP contribution is 2.37. The fourth-order valence-corrected chi connectivity index (χ4v) is 4.80. The topological polar surface area (TPSA) is 76.7 Å². The minimum absolute atomic E-state index is 0.297. The Hall–Kier alpha value is -2.28. The molecule has 2 aliphatic rings. The largest absolute Gasteiger partial charge is 0.493 e. The number of hydrogen-bond donors (Lipinski definition) is 1. The summed E-state index contributed by atoms with van der Waals surface area (Å²) in [5.74, 6) is 2.61. The van der Waals surface area contributed by atoms with E-state index in [2.05, 4.69) is 26.8 Å². The van der Waals surface area contributed by atoms with Crippen molar-refractivity contribution in [3.8, 4) is 11.5 Å². The van der Waals surface area contributed by atoms with E-state index in [-0.39, 0.29) is 0 Å². The van der Waals surface area contributed by atoms with E-state index in [4.69, 9.17) is 15.2 Å². The van der Waals surface area contributed by atoms with Gasteiger partial charge < -0.3 is 25.0 Å². The molecule has 1 saturated carbocycles. The first-order chi connectivity index (χ1) is 14.7. The van der Waals surface area contributed by atoms with E-state index in [1.54, 1.807) is 7.11 Å². The summed E-state index contributed by atoms with van der Waals surface area (Å²) in [6, 6.07) is 4.43. The lowest BCUT2D eigenvalue weighted by Crippen LogP contribution is -2.34. The molecule has 1 aliphatic carbocycles. The van der Waals surface area contributed by atoms with Crippen LogP contribution < -0.4 is 20.1 Å². The molecule has 2 fully saturated rings. The van der Waals surface area contributed by atoms with Gasteiger partial charge in [-0.3, -0.25) is 0 Å². The number of nitrogens with zero attached hydrogens (tertiary/aromatic N) is 4. The van der Waals surface area contributed by atoms with Crippen molar-refractivity contribution < 1.29 is 9.47 Å². The average Bonchev–Trinajstić information content (AvgIpc) is 3.29. The van der Waals surface area contributed by atoms with E-state index >= 15 is 0 Å². The number of rotatable bonds is 8.